The van der Waals surface area contributed by atoms with Crippen molar-refractivity contribution in [1.82, 2.24) is 10.6 Å². The summed E-state index contributed by atoms with van der Waals surface area (Å²) in [5, 5.41) is 302. The van der Waals surface area contributed by atoms with Crippen molar-refractivity contribution < 1.29 is 228 Å². The normalized spacial score (nSPS) is 51.2. The monoisotopic (exact) mass is 1560 g/mol. The molecule has 0 aliphatic carbocycles. The van der Waals surface area contributed by atoms with Gasteiger partial charge < -0.3 is 229 Å². The lowest BCUT2D eigenvalue weighted by Crippen LogP contribution is -2.70. The van der Waals surface area contributed by atoms with E-state index in [1.807, 2.05) is 0 Å². The number of aliphatic hydroxyl groups excluding tert-OH is 27. The van der Waals surface area contributed by atoms with Gasteiger partial charge in [-0.3, -0.25) is 9.59 Å². The van der Waals surface area contributed by atoms with Crippen LogP contribution in [0.25, 0.3) is 0 Å². The van der Waals surface area contributed by atoms with Crippen LogP contribution in [0, 0.1) is 0 Å². The average Bonchev–Trinajstić information content (AvgIpc) is 0.768. The highest BCUT2D eigenvalue weighted by atomic mass is 16.8. The molecule has 616 valence electrons. The molecular weight excluding hydrogens is 1460 g/mol. The highest BCUT2D eigenvalue weighted by Crippen LogP contribution is 2.40. The molecule has 0 bridgehead atoms. The average molecular weight is 1560 g/mol. The Labute approximate surface area is 598 Å². The van der Waals surface area contributed by atoms with E-state index in [0.717, 1.165) is 13.8 Å². The highest BCUT2D eigenvalue weighted by molar-refractivity contribution is 5.73. The maximum Gasteiger partial charge on any atom is 0.217 e. The molecular formula is C58H98N2O46. The van der Waals surface area contributed by atoms with E-state index in [-0.39, 0.29) is 0 Å². The molecule has 48 heteroatoms. The number of carbonyl (C=O) groups excluding carboxylic acids is 2. The summed E-state index contributed by atoms with van der Waals surface area (Å²) in [5.74, 6) is -1.69. The smallest absolute Gasteiger partial charge is 0.217 e. The number of ether oxygens (including phenoxy) is 17. The molecule has 106 heavy (non-hydrogen) atoms. The van der Waals surface area contributed by atoms with Crippen molar-refractivity contribution in [2.24, 2.45) is 0 Å². The van der Waals surface area contributed by atoms with Gasteiger partial charge in [0.25, 0.3) is 0 Å². The number of hydrogen-bond acceptors (Lipinski definition) is 46. The number of nitrogens with one attached hydrogen (secondary N) is 2. The van der Waals surface area contributed by atoms with E-state index < -0.39 is 348 Å². The van der Waals surface area contributed by atoms with Gasteiger partial charge >= 0.3 is 0 Å². The van der Waals surface area contributed by atoms with E-state index in [1.54, 1.807) is 0 Å². The number of carbonyl (C=O) groups is 2. The van der Waals surface area contributed by atoms with Gasteiger partial charge in [0.1, 0.15) is 220 Å². The molecule has 45 atom stereocenters. The van der Waals surface area contributed by atoms with Crippen LogP contribution in [0.2, 0.25) is 0 Å². The Morgan fingerprint density at radius 2 is 0.509 bits per heavy atom. The first-order valence-corrected chi connectivity index (χ1v) is 33.7. The molecule has 2 amide bonds. The predicted octanol–water partition coefficient (Wildman–Crippen LogP) is -20.3. The molecule has 9 aliphatic heterocycles. The molecule has 0 spiro atoms. The van der Waals surface area contributed by atoms with Crippen molar-refractivity contribution in [1.29, 1.82) is 0 Å². The van der Waals surface area contributed by atoms with Crippen LogP contribution >= 0.6 is 0 Å². The van der Waals surface area contributed by atoms with Gasteiger partial charge in [-0.15, -0.1) is 0 Å². The topological polar surface area (TPSA) is 761 Å². The van der Waals surface area contributed by atoms with E-state index in [1.165, 1.54) is 0 Å². The second-order valence-electron chi connectivity index (χ2n) is 26.7. The maximum absolute atomic E-state index is 12.9. The number of hydrogen-bond donors (Lipinski definition) is 29. The molecule has 0 aromatic heterocycles. The molecule has 48 nitrogen and oxygen atoms in total. The first-order chi connectivity index (χ1) is 50.2. The van der Waals surface area contributed by atoms with Gasteiger partial charge in [0, 0.05) is 13.8 Å². The van der Waals surface area contributed by atoms with Crippen LogP contribution in [0.15, 0.2) is 0 Å². The molecule has 9 aliphatic rings. The number of rotatable bonds is 27. The zero-order chi connectivity index (χ0) is 77.9. The van der Waals surface area contributed by atoms with Crippen molar-refractivity contribution in [3.8, 4) is 0 Å². The SMILES string of the molecule is CC(=O)N[C@H]1[C@H](O[C@H]2[C@H](O)[C@@H](NC(C)=O)C(O)O[C@@H]2CO)O[C@H](CO)[C@@H](O[C@@H]2O[C@H](CO[C@H]3O[C@H](CO)[C@@H](O)[C@H](O)[C@@H]3O)[C@@H](O)[C@H](O[C@H]3O[C@H](CO)[C@@H](O)[C@H](O)[C@@H]3O[C@H]3O[C@H](CO)[C@@H](O)[C@H](O)[C@@H]3O[C@H]3O[C@H](CO)[C@@H](O)[C@H](O)[C@@H]3O[C@H]3O[C@H](CO)[C@@H](O)[C@H](O[C@H]4O[C@H](CO)[C@@H](O)[C@H](O)[C@@H]4O)[C@@H]3O)[C@@H]2O)[C@@H]1O. The second kappa shape index (κ2) is 37.9. The summed E-state index contributed by atoms with van der Waals surface area (Å²) >= 11 is 0. The van der Waals surface area contributed by atoms with Crippen molar-refractivity contribution in [3.05, 3.63) is 0 Å². The summed E-state index contributed by atoms with van der Waals surface area (Å²) in [6, 6.07) is -3.51. The van der Waals surface area contributed by atoms with Crippen LogP contribution in [0.3, 0.4) is 0 Å². The minimum Gasteiger partial charge on any atom is -0.394 e. The third kappa shape index (κ3) is 18.5. The summed E-state index contributed by atoms with van der Waals surface area (Å²) in [6.45, 7) is -7.82. The van der Waals surface area contributed by atoms with Crippen molar-refractivity contribution in [2.75, 3.05) is 59.5 Å². The van der Waals surface area contributed by atoms with Crippen molar-refractivity contribution in [2.45, 2.75) is 290 Å². The molecule has 9 saturated heterocycles. The molecule has 29 N–H and O–H groups in total. The standard InChI is InChI=1S/C58H98N2O46/c1-12(69)59-23-32(78)43(20(9-67)91-50(23)89)100-51-24(60-13(2)70)33(79)44(21(10-68)98-51)101-55-42(88)46(31(77)22(99-55)11-90-52-39(85)34(80)25(71)14(3-61)92-52)103-56-48(37(83)28(74)16(5-63)95-56)105-58-49(38(84)29(75)18(7-65)97-58)106-57-47(36(82)27(73)17(6-64)96-57)104-54-41(87)45(30(76)19(8-66)94-54)102-53-40(86)35(81)26(72)15(4-62)93-53/h14-58,61-68,71-89H,3-11H2,1-2H3,(H,59,69)(H,60,70)/t14-,15-,16-,17-,18-,19-,20-,21-,22-,23-,24-,25-,26-,27-,28-,29-,30-,31-,32-,33-,34+,35+,36+,37+,38+,39+,40+,41+,42+,43-,44-,45+,46+,47+,48+,49+,50?,51+,52+,53-,54-,55+,56-,57-,58-/m1/s1. The van der Waals surface area contributed by atoms with Gasteiger partial charge in [-0.25, -0.2) is 0 Å². The number of amides is 2. The lowest BCUT2D eigenvalue weighted by Gasteiger charge is -2.51. The van der Waals surface area contributed by atoms with Crippen LogP contribution in [-0.2, 0) is 90.1 Å². The quantitative estimate of drug-likeness (QED) is 0.0363. The third-order valence-corrected chi connectivity index (χ3v) is 19.6. The van der Waals surface area contributed by atoms with E-state index in [9.17, 15) is 147 Å². The fraction of sp³-hybridized carbons (Fsp3) is 0.966. The van der Waals surface area contributed by atoms with Gasteiger partial charge in [0.15, 0.2) is 56.6 Å². The molecule has 0 saturated carbocycles. The summed E-state index contributed by atoms with van der Waals surface area (Å²) in [4.78, 5) is 24.9. The fourth-order valence-electron chi connectivity index (χ4n) is 13.6. The van der Waals surface area contributed by atoms with Crippen LogP contribution < -0.4 is 10.6 Å². The first kappa shape index (κ1) is 87.2. The minimum atomic E-state index is -2.53. The van der Waals surface area contributed by atoms with Gasteiger partial charge in [0.2, 0.25) is 11.8 Å². The first-order valence-electron chi connectivity index (χ1n) is 33.7. The molecule has 0 aromatic rings. The Bertz CT molecular complexity index is 2710. The van der Waals surface area contributed by atoms with Crippen molar-refractivity contribution >= 4 is 11.8 Å². The van der Waals surface area contributed by atoms with Gasteiger partial charge in [-0.2, -0.15) is 0 Å². The van der Waals surface area contributed by atoms with Gasteiger partial charge in [-0.05, 0) is 0 Å². The van der Waals surface area contributed by atoms with Crippen LogP contribution in [0.4, 0.5) is 0 Å². The fourth-order valence-corrected chi connectivity index (χ4v) is 13.6. The number of aliphatic hydroxyl groups is 27. The minimum absolute atomic E-state index is 0.773. The molecule has 0 radical (unpaired) electrons. The van der Waals surface area contributed by atoms with E-state index in [2.05, 4.69) is 10.6 Å². The molecule has 9 heterocycles. The van der Waals surface area contributed by atoms with E-state index in [0.29, 0.717) is 0 Å². The lowest BCUT2D eigenvalue weighted by molar-refractivity contribution is -0.415. The molecule has 0 aromatic carbocycles. The van der Waals surface area contributed by atoms with Gasteiger partial charge in [-0.1, -0.05) is 0 Å². The Kier molecular flexibility index (Phi) is 31.1. The molecule has 1 unspecified atom stereocenters. The zero-order valence-electron chi connectivity index (χ0n) is 56.2. The third-order valence-electron chi connectivity index (χ3n) is 19.6. The second-order valence-corrected chi connectivity index (χ2v) is 26.7. The van der Waals surface area contributed by atoms with E-state index in [4.69, 9.17) is 80.5 Å². The Hall–Kier alpha value is -2.82. The summed E-state index contributed by atoms with van der Waals surface area (Å²) in [6.07, 6.45) is -91.5. The maximum atomic E-state index is 12.9. The summed E-state index contributed by atoms with van der Waals surface area (Å²) < 4.78 is 99.0. The summed E-state index contributed by atoms with van der Waals surface area (Å²) in [7, 11) is 0. The van der Waals surface area contributed by atoms with E-state index >= 15 is 0 Å². The Morgan fingerprint density at radius 1 is 0.245 bits per heavy atom. The largest absolute Gasteiger partial charge is 0.394 e. The molecule has 9 fully saturated rings. The highest BCUT2D eigenvalue weighted by Gasteiger charge is 2.61. The lowest BCUT2D eigenvalue weighted by atomic mass is 9.94. The molecule has 9 rings (SSSR count). The zero-order valence-corrected chi connectivity index (χ0v) is 56.2. The van der Waals surface area contributed by atoms with Crippen LogP contribution in [0.5, 0.6) is 0 Å². The Morgan fingerprint density at radius 3 is 0.915 bits per heavy atom. The van der Waals surface area contributed by atoms with Crippen LogP contribution in [0.1, 0.15) is 13.8 Å². The van der Waals surface area contributed by atoms with Gasteiger partial charge in [0.05, 0.1) is 59.5 Å². The van der Waals surface area contributed by atoms with Crippen LogP contribution in [-0.4, -0.2) is 485 Å². The summed E-state index contributed by atoms with van der Waals surface area (Å²) in [5.41, 5.74) is 0. The predicted molar refractivity (Wildman–Crippen MR) is 320 cm³/mol. The Balaban J connectivity index is 1.02. The van der Waals surface area contributed by atoms with Crippen molar-refractivity contribution in [3.63, 3.8) is 0 Å².